The van der Waals surface area contributed by atoms with Crippen molar-refractivity contribution in [3.05, 3.63) is 20.8 Å². The highest BCUT2D eigenvalue weighted by Gasteiger charge is 2.25. The normalized spacial score (nSPS) is 16.1. The molecule has 1 N–H and O–H groups in total. The summed E-state index contributed by atoms with van der Waals surface area (Å²) in [5, 5.41) is 4.09. The Hall–Kier alpha value is -1.38. The fraction of sp³-hybridized carbons (Fsp3) is 0.682. The third kappa shape index (κ3) is 5.08. The summed E-state index contributed by atoms with van der Waals surface area (Å²) in [4.78, 5) is 33.2. The van der Waals surface area contributed by atoms with E-state index in [0.717, 1.165) is 42.3 Å². The van der Waals surface area contributed by atoms with Crippen LogP contribution in [0.3, 0.4) is 0 Å². The van der Waals surface area contributed by atoms with Gasteiger partial charge < -0.3 is 10.1 Å². The van der Waals surface area contributed by atoms with Crippen LogP contribution in [-0.4, -0.2) is 41.0 Å². The minimum Gasteiger partial charge on any atom is -0.385 e. The van der Waals surface area contributed by atoms with Crippen molar-refractivity contribution in [2.45, 2.75) is 82.2 Å². The first kappa shape index (κ1) is 23.3. The minimum absolute atomic E-state index is 0.0372. The van der Waals surface area contributed by atoms with Gasteiger partial charge in [-0.05, 0) is 57.9 Å². The molecule has 6 nitrogen and oxygen atoms in total. The molecule has 1 amide bonds. The molecule has 0 aromatic carbocycles. The third-order valence-electron chi connectivity index (χ3n) is 5.75. The number of hydrogen-bond acceptors (Lipinski definition) is 6. The topological polar surface area (TPSA) is 73.2 Å². The summed E-state index contributed by atoms with van der Waals surface area (Å²) < 4.78 is 6.85. The predicted octanol–water partition coefficient (Wildman–Crippen LogP) is 4.33. The maximum absolute atomic E-state index is 13.6. The first-order valence-corrected chi connectivity index (χ1v) is 12.7. The van der Waals surface area contributed by atoms with Gasteiger partial charge in [-0.15, -0.1) is 11.3 Å². The van der Waals surface area contributed by atoms with Crippen molar-refractivity contribution in [1.82, 2.24) is 14.9 Å². The highest BCUT2D eigenvalue weighted by molar-refractivity contribution is 8.00. The molecule has 0 aliphatic heterocycles. The molecular formula is C22H33N3O3S2. The zero-order chi connectivity index (χ0) is 21.7. The number of amides is 1. The van der Waals surface area contributed by atoms with Crippen molar-refractivity contribution in [3.8, 4) is 0 Å². The predicted molar refractivity (Wildman–Crippen MR) is 125 cm³/mol. The smallest absolute Gasteiger partial charge is 0.263 e. The molecule has 0 spiro atoms. The molecule has 30 heavy (non-hydrogen) atoms. The number of aryl methyl sites for hydroxylation is 2. The van der Waals surface area contributed by atoms with Gasteiger partial charge in [-0.2, -0.15) is 0 Å². The number of thioether (sulfide) groups is 1. The van der Waals surface area contributed by atoms with Crippen molar-refractivity contribution in [3.63, 3.8) is 0 Å². The highest BCUT2D eigenvalue weighted by atomic mass is 32.2. The van der Waals surface area contributed by atoms with Crippen molar-refractivity contribution in [2.24, 2.45) is 0 Å². The molecule has 0 fully saturated rings. The van der Waals surface area contributed by atoms with Gasteiger partial charge in [0.15, 0.2) is 5.16 Å². The summed E-state index contributed by atoms with van der Waals surface area (Å²) in [6.07, 6.45) is 7.18. The van der Waals surface area contributed by atoms with Crippen molar-refractivity contribution in [1.29, 1.82) is 0 Å². The molecule has 0 bridgehead atoms. The summed E-state index contributed by atoms with van der Waals surface area (Å²) >= 11 is 3.05. The monoisotopic (exact) mass is 451 g/mol. The molecule has 2 aromatic rings. The minimum atomic E-state index is -0.329. The molecule has 166 valence electrons. The van der Waals surface area contributed by atoms with Crippen molar-refractivity contribution >= 4 is 39.2 Å². The molecule has 8 heteroatoms. The maximum atomic E-state index is 13.6. The van der Waals surface area contributed by atoms with Crippen LogP contribution in [0.1, 0.15) is 69.4 Å². The summed E-state index contributed by atoms with van der Waals surface area (Å²) in [6, 6.07) is 0.0372. The largest absolute Gasteiger partial charge is 0.385 e. The number of carbonyl (C=O) groups excluding carboxylic acids is 1. The Balaban J connectivity index is 1.93. The Morgan fingerprint density at radius 2 is 2.07 bits per heavy atom. The lowest BCUT2D eigenvalue weighted by Crippen LogP contribution is -2.33. The van der Waals surface area contributed by atoms with Gasteiger partial charge >= 0.3 is 0 Å². The average molecular weight is 452 g/mol. The molecule has 1 aliphatic rings. The molecule has 2 unspecified atom stereocenters. The maximum Gasteiger partial charge on any atom is 0.263 e. The first-order chi connectivity index (χ1) is 14.5. The van der Waals surface area contributed by atoms with Gasteiger partial charge in [-0.3, -0.25) is 14.2 Å². The lowest BCUT2D eigenvalue weighted by molar-refractivity contribution is -0.120. The van der Waals surface area contributed by atoms with E-state index in [1.165, 1.54) is 35.0 Å². The molecule has 2 aromatic heterocycles. The van der Waals surface area contributed by atoms with E-state index in [1.807, 2.05) is 11.5 Å². The van der Waals surface area contributed by atoms with Gasteiger partial charge in [0.25, 0.3) is 5.56 Å². The van der Waals surface area contributed by atoms with E-state index in [0.29, 0.717) is 18.3 Å². The number of rotatable bonds is 9. The Bertz CT molecular complexity index is 938. The van der Waals surface area contributed by atoms with Crippen LogP contribution in [0.25, 0.3) is 10.2 Å². The van der Waals surface area contributed by atoms with Crippen molar-refractivity contribution < 1.29 is 9.53 Å². The standard InChI is InChI=1S/C22H33N3O3S2/c1-5-14(2)25-21(27)18-16-10-7-6-8-11-17(16)30-20(18)24-22(25)29-15(3)19(26)23-12-9-13-28-4/h14-15H,5-13H2,1-4H3,(H,23,26). The average Bonchev–Trinajstić information content (AvgIpc) is 2.92. The van der Waals surface area contributed by atoms with Crippen LogP contribution < -0.4 is 10.9 Å². The first-order valence-electron chi connectivity index (χ1n) is 11.0. The number of methoxy groups -OCH3 is 1. The fourth-order valence-electron chi connectivity index (χ4n) is 3.81. The lowest BCUT2D eigenvalue weighted by atomic mass is 10.1. The number of carbonyl (C=O) groups is 1. The van der Waals surface area contributed by atoms with Gasteiger partial charge in [-0.1, -0.05) is 25.1 Å². The van der Waals surface area contributed by atoms with Crippen LogP contribution in [0.15, 0.2) is 9.95 Å². The quantitative estimate of drug-likeness (QED) is 0.266. The van der Waals surface area contributed by atoms with E-state index in [1.54, 1.807) is 18.4 Å². The van der Waals surface area contributed by atoms with Crippen LogP contribution in [0, 0.1) is 0 Å². The highest BCUT2D eigenvalue weighted by Crippen LogP contribution is 2.35. The number of nitrogens with zero attached hydrogens (tertiary/aromatic N) is 2. The summed E-state index contributed by atoms with van der Waals surface area (Å²) in [5.74, 6) is -0.0388. The van der Waals surface area contributed by atoms with Crippen LogP contribution >= 0.6 is 23.1 Å². The number of nitrogens with one attached hydrogen (secondary N) is 1. The van der Waals surface area contributed by atoms with Gasteiger partial charge in [0.1, 0.15) is 4.83 Å². The zero-order valence-corrected chi connectivity index (χ0v) is 20.1. The molecule has 2 heterocycles. The van der Waals surface area contributed by atoms with E-state index in [9.17, 15) is 9.59 Å². The summed E-state index contributed by atoms with van der Waals surface area (Å²) in [7, 11) is 1.65. The van der Waals surface area contributed by atoms with Crippen LogP contribution in [0.4, 0.5) is 0 Å². The Morgan fingerprint density at radius 1 is 1.30 bits per heavy atom. The molecular weight excluding hydrogens is 418 g/mol. The number of thiophene rings is 1. The van der Waals surface area contributed by atoms with Crippen LogP contribution in [0.2, 0.25) is 0 Å². The van der Waals surface area contributed by atoms with Crippen molar-refractivity contribution in [2.75, 3.05) is 20.3 Å². The van der Waals surface area contributed by atoms with Crippen LogP contribution in [0.5, 0.6) is 0 Å². The van der Waals surface area contributed by atoms with E-state index in [4.69, 9.17) is 9.72 Å². The Morgan fingerprint density at radius 3 is 2.80 bits per heavy atom. The number of aromatic nitrogens is 2. The van der Waals surface area contributed by atoms with Gasteiger partial charge in [0, 0.05) is 31.2 Å². The summed E-state index contributed by atoms with van der Waals surface area (Å²) in [6.45, 7) is 7.21. The van der Waals surface area contributed by atoms with Gasteiger partial charge in [0.05, 0.1) is 10.6 Å². The fourth-order valence-corrected chi connectivity index (χ4v) is 6.15. The van der Waals surface area contributed by atoms with E-state index >= 15 is 0 Å². The number of fused-ring (bicyclic) bond motifs is 3. The SMILES string of the molecule is CCC(C)n1c(SC(C)C(=O)NCCCOC)nc2sc3c(c2c1=O)CCCCC3. The Kier molecular flexibility index (Phi) is 8.36. The lowest BCUT2D eigenvalue weighted by Gasteiger charge is -2.19. The summed E-state index contributed by atoms with van der Waals surface area (Å²) in [5.41, 5.74) is 1.28. The number of ether oxygens (including phenoxy) is 1. The van der Waals surface area contributed by atoms with E-state index in [2.05, 4.69) is 19.2 Å². The van der Waals surface area contributed by atoms with Gasteiger partial charge in [0.2, 0.25) is 5.91 Å². The van der Waals surface area contributed by atoms with E-state index in [-0.39, 0.29) is 22.8 Å². The molecule has 0 radical (unpaired) electrons. The Labute approximate surface area is 186 Å². The number of hydrogen-bond donors (Lipinski definition) is 1. The molecule has 3 rings (SSSR count). The second kappa shape index (κ2) is 10.8. The van der Waals surface area contributed by atoms with Crippen LogP contribution in [-0.2, 0) is 22.4 Å². The second-order valence-corrected chi connectivity index (χ2v) is 10.4. The molecule has 0 saturated heterocycles. The van der Waals surface area contributed by atoms with Gasteiger partial charge in [-0.25, -0.2) is 4.98 Å². The van der Waals surface area contributed by atoms with E-state index < -0.39 is 0 Å². The third-order valence-corrected chi connectivity index (χ3v) is 8.00. The molecule has 2 atom stereocenters. The second-order valence-electron chi connectivity index (χ2n) is 7.97. The molecule has 0 saturated carbocycles. The molecule has 1 aliphatic carbocycles. The zero-order valence-electron chi connectivity index (χ0n) is 18.5.